The Labute approximate surface area is 139 Å². The third-order valence-corrected chi connectivity index (χ3v) is 4.50. The van der Waals surface area contributed by atoms with Crippen LogP contribution in [0.3, 0.4) is 0 Å². The van der Waals surface area contributed by atoms with Crippen molar-refractivity contribution in [1.82, 2.24) is 14.1 Å². The number of hydrogen-bond acceptors (Lipinski definition) is 4. The van der Waals surface area contributed by atoms with E-state index in [1.807, 2.05) is 36.4 Å². The summed E-state index contributed by atoms with van der Waals surface area (Å²) in [4.78, 5) is 17.0. The van der Waals surface area contributed by atoms with E-state index in [0.717, 1.165) is 48.5 Å². The van der Waals surface area contributed by atoms with Crippen molar-refractivity contribution in [3.05, 3.63) is 53.1 Å². The predicted molar refractivity (Wildman–Crippen MR) is 93.8 cm³/mol. The Hall–Kier alpha value is -2.60. The maximum Gasteiger partial charge on any atom is 0.333 e. The van der Waals surface area contributed by atoms with Gasteiger partial charge in [-0.1, -0.05) is 12.1 Å². The minimum Gasteiger partial charge on any atom is -0.376 e. The fourth-order valence-electron chi connectivity index (χ4n) is 3.19. The molecule has 3 aromatic rings. The summed E-state index contributed by atoms with van der Waals surface area (Å²) in [5.41, 5.74) is 2.48. The predicted octanol–water partition coefficient (Wildman–Crippen LogP) is 2.32. The highest BCUT2D eigenvalue weighted by Gasteiger charge is 2.15. The Kier molecular flexibility index (Phi) is 3.82. The van der Waals surface area contributed by atoms with E-state index in [4.69, 9.17) is 4.74 Å². The number of para-hydroxylation sites is 2. The monoisotopic (exact) mass is 324 g/mol. The molecule has 1 fully saturated rings. The van der Waals surface area contributed by atoms with Crippen LogP contribution in [0.25, 0.3) is 16.7 Å². The molecule has 0 radical (unpaired) electrons. The van der Waals surface area contributed by atoms with Crippen LogP contribution in [0, 0.1) is 0 Å². The van der Waals surface area contributed by atoms with Gasteiger partial charge in [-0.2, -0.15) is 0 Å². The highest BCUT2D eigenvalue weighted by Crippen LogP contribution is 2.18. The number of aryl methyl sites for hydroxylation is 1. The number of imidazole rings is 1. The van der Waals surface area contributed by atoms with Crippen LogP contribution < -0.4 is 11.0 Å². The lowest BCUT2D eigenvalue weighted by atomic mass is 10.2. The van der Waals surface area contributed by atoms with Crippen LogP contribution in [-0.2, 0) is 11.8 Å². The lowest BCUT2D eigenvalue weighted by Gasteiger charge is -2.11. The second kappa shape index (κ2) is 6.13. The van der Waals surface area contributed by atoms with Crippen LogP contribution in [0.4, 0.5) is 5.82 Å². The maximum absolute atomic E-state index is 12.5. The molecule has 124 valence electrons. The fourth-order valence-corrected chi connectivity index (χ4v) is 3.19. The molecule has 0 saturated carbocycles. The molecule has 1 N–H and O–H groups in total. The van der Waals surface area contributed by atoms with Gasteiger partial charge < -0.3 is 10.1 Å². The number of ether oxygens (including phenoxy) is 1. The van der Waals surface area contributed by atoms with Gasteiger partial charge in [0, 0.05) is 20.2 Å². The van der Waals surface area contributed by atoms with Crippen molar-refractivity contribution < 1.29 is 4.74 Å². The Morgan fingerprint density at radius 3 is 2.79 bits per heavy atom. The van der Waals surface area contributed by atoms with Crippen molar-refractivity contribution in [3.63, 3.8) is 0 Å². The highest BCUT2D eigenvalue weighted by molar-refractivity contribution is 5.77. The number of aromatic nitrogens is 3. The van der Waals surface area contributed by atoms with Crippen molar-refractivity contribution in [2.75, 3.05) is 18.5 Å². The van der Waals surface area contributed by atoms with E-state index in [1.54, 1.807) is 22.4 Å². The SMILES string of the molecule is Cn1c(=O)n(-c2ccc(NCC3CCCO3)nc2)c2ccccc21. The lowest BCUT2D eigenvalue weighted by molar-refractivity contribution is 0.120. The molecule has 1 atom stereocenters. The molecule has 0 amide bonds. The van der Waals surface area contributed by atoms with Gasteiger partial charge >= 0.3 is 5.69 Å². The van der Waals surface area contributed by atoms with Gasteiger partial charge in [0.1, 0.15) is 5.82 Å². The minimum atomic E-state index is -0.0712. The van der Waals surface area contributed by atoms with E-state index in [9.17, 15) is 4.79 Å². The maximum atomic E-state index is 12.5. The fraction of sp³-hybridized carbons (Fsp3) is 0.333. The van der Waals surface area contributed by atoms with Crippen molar-refractivity contribution in [2.45, 2.75) is 18.9 Å². The molecule has 0 spiro atoms. The zero-order valence-corrected chi connectivity index (χ0v) is 13.6. The zero-order chi connectivity index (χ0) is 16.5. The van der Waals surface area contributed by atoms with E-state index >= 15 is 0 Å². The number of nitrogens with one attached hydrogen (secondary N) is 1. The largest absolute Gasteiger partial charge is 0.376 e. The van der Waals surface area contributed by atoms with Gasteiger partial charge in [0.05, 0.1) is 29.0 Å². The summed E-state index contributed by atoms with van der Waals surface area (Å²) >= 11 is 0. The summed E-state index contributed by atoms with van der Waals surface area (Å²) in [5, 5.41) is 3.29. The third kappa shape index (κ3) is 2.59. The smallest absolute Gasteiger partial charge is 0.333 e. The minimum absolute atomic E-state index is 0.0712. The van der Waals surface area contributed by atoms with Crippen LogP contribution in [0.1, 0.15) is 12.8 Å². The average Bonchev–Trinajstić information content (AvgIpc) is 3.22. The molecule has 2 aromatic heterocycles. The topological polar surface area (TPSA) is 61.1 Å². The number of rotatable bonds is 4. The molecule has 6 heteroatoms. The second-order valence-corrected chi connectivity index (χ2v) is 6.08. The van der Waals surface area contributed by atoms with Gasteiger partial charge in [-0.3, -0.25) is 9.13 Å². The van der Waals surface area contributed by atoms with Gasteiger partial charge in [-0.25, -0.2) is 9.78 Å². The lowest BCUT2D eigenvalue weighted by Crippen LogP contribution is -2.21. The first-order valence-corrected chi connectivity index (χ1v) is 8.22. The van der Waals surface area contributed by atoms with Crippen molar-refractivity contribution in [3.8, 4) is 5.69 Å². The first-order valence-electron chi connectivity index (χ1n) is 8.22. The van der Waals surface area contributed by atoms with Gasteiger partial charge in [-0.05, 0) is 37.1 Å². The van der Waals surface area contributed by atoms with Gasteiger partial charge in [0.2, 0.25) is 0 Å². The summed E-state index contributed by atoms with van der Waals surface area (Å²) in [6.45, 7) is 1.61. The van der Waals surface area contributed by atoms with Crippen molar-refractivity contribution in [1.29, 1.82) is 0 Å². The average molecular weight is 324 g/mol. The molecule has 1 aliphatic heterocycles. The van der Waals surface area contributed by atoms with Crippen LogP contribution in [0.5, 0.6) is 0 Å². The quantitative estimate of drug-likeness (QED) is 0.800. The van der Waals surface area contributed by atoms with Gasteiger partial charge in [0.25, 0.3) is 0 Å². The van der Waals surface area contributed by atoms with E-state index in [-0.39, 0.29) is 11.8 Å². The Morgan fingerprint density at radius 1 is 1.25 bits per heavy atom. The molecule has 0 bridgehead atoms. The summed E-state index contributed by atoms with van der Waals surface area (Å²) in [6.07, 6.45) is 4.22. The second-order valence-electron chi connectivity index (χ2n) is 6.08. The van der Waals surface area contributed by atoms with E-state index in [1.165, 1.54) is 0 Å². The zero-order valence-electron chi connectivity index (χ0n) is 13.6. The number of pyridine rings is 1. The van der Waals surface area contributed by atoms with Crippen LogP contribution >= 0.6 is 0 Å². The van der Waals surface area contributed by atoms with Crippen molar-refractivity contribution >= 4 is 16.9 Å². The van der Waals surface area contributed by atoms with Gasteiger partial charge in [-0.15, -0.1) is 0 Å². The molecule has 1 aromatic carbocycles. The Balaban J connectivity index is 1.61. The first-order chi connectivity index (χ1) is 11.7. The number of fused-ring (bicyclic) bond motifs is 1. The van der Waals surface area contributed by atoms with Gasteiger partial charge in [0.15, 0.2) is 0 Å². The number of anilines is 1. The Morgan fingerprint density at radius 2 is 2.08 bits per heavy atom. The highest BCUT2D eigenvalue weighted by atomic mass is 16.5. The van der Waals surface area contributed by atoms with Crippen LogP contribution in [0.15, 0.2) is 47.4 Å². The molecule has 3 heterocycles. The van der Waals surface area contributed by atoms with E-state index in [0.29, 0.717) is 0 Å². The molecular formula is C18H20N4O2. The molecule has 24 heavy (non-hydrogen) atoms. The van der Waals surface area contributed by atoms with E-state index in [2.05, 4.69) is 10.3 Å². The molecule has 4 rings (SSSR count). The standard InChI is InChI=1S/C18H20N4O2/c1-21-15-6-2-3-7-16(15)22(18(21)23)13-8-9-17(19-11-13)20-12-14-5-4-10-24-14/h2-3,6-9,11,14H,4-5,10,12H2,1H3,(H,19,20). The van der Waals surface area contributed by atoms with Crippen molar-refractivity contribution in [2.24, 2.45) is 7.05 Å². The normalized spacial score (nSPS) is 17.5. The molecule has 0 aliphatic carbocycles. The summed E-state index contributed by atoms with van der Waals surface area (Å²) in [6, 6.07) is 11.6. The van der Waals surface area contributed by atoms with Crippen LogP contribution in [0.2, 0.25) is 0 Å². The first kappa shape index (κ1) is 15.0. The summed E-state index contributed by atoms with van der Waals surface area (Å²) < 4.78 is 8.93. The Bertz CT molecular complexity index is 905. The molecule has 6 nitrogen and oxygen atoms in total. The number of nitrogens with zero attached hydrogens (tertiary/aromatic N) is 3. The third-order valence-electron chi connectivity index (χ3n) is 4.50. The number of benzene rings is 1. The van der Waals surface area contributed by atoms with Crippen LogP contribution in [-0.4, -0.2) is 33.4 Å². The molecule has 1 unspecified atom stereocenters. The molecule has 1 saturated heterocycles. The summed E-state index contributed by atoms with van der Waals surface area (Å²) in [5.74, 6) is 0.794. The molecular weight excluding hydrogens is 304 g/mol. The number of hydrogen-bond donors (Lipinski definition) is 1. The molecule has 1 aliphatic rings. The summed E-state index contributed by atoms with van der Waals surface area (Å²) in [7, 11) is 1.78. The van der Waals surface area contributed by atoms with E-state index < -0.39 is 0 Å².